The van der Waals surface area contributed by atoms with Gasteiger partial charge < -0.3 is 16.0 Å². The maximum absolute atomic E-state index is 11.5. The fraction of sp³-hybridized carbons (Fsp3) is 0.263. The van der Waals surface area contributed by atoms with Gasteiger partial charge >= 0.3 is 0 Å². The Hall–Kier alpha value is -2.84. The number of aromatic nitrogens is 2. The molecule has 0 spiro atoms. The number of hydrogen-bond donors (Lipinski definition) is 3. The van der Waals surface area contributed by atoms with Crippen LogP contribution in [-0.2, 0) is 0 Å². The van der Waals surface area contributed by atoms with Crippen molar-refractivity contribution in [2.75, 3.05) is 13.1 Å². The van der Waals surface area contributed by atoms with Crippen LogP contribution in [0.25, 0.3) is 10.2 Å². The van der Waals surface area contributed by atoms with Crippen LogP contribution in [0.15, 0.2) is 47.3 Å². The van der Waals surface area contributed by atoms with Gasteiger partial charge in [0.2, 0.25) is 5.56 Å². The van der Waals surface area contributed by atoms with Crippen LogP contribution in [0.4, 0.5) is 0 Å². The van der Waals surface area contributed by atoms with Crippen molar-refractivity contribution in [2.45, 2.75) is 19.3 Å². The van der Waals surface area contributed by atoms with Gasteiger partial charge in [-0.15, -0.1) is 11.3 Å². The summed E-state index contributed by atoms with van der Waals surface area (Å²) >= 11 is 1.42. The molecule has 2 aromatic heterocycles. The lowest BCUT2D eigenvalue weighted by Gasteiger charge is -2.04. The van der Waals surface area contributed by atoms with E-state index < -0.39 is 0 Å². The maximum atomic E-state index is 11.5. The largest absolute Gasteiger partial charge is 0.351 e. The minimum absolute atomic E-state index is 0.245. The number of thiazole rings is 1. The smallest absolute Gasteiger partial charge is 0.267 e. The number of amides is 1. The Bertz CT molecular complexity index is 903. The molecule has 0 saturated heterocycles. The van der Waals surface area contributed by atoms with Gasteiger partial charge in [-0.3, -0.25) is 14.4 Å². The number of benzene rings is 1. The number of pyridine rings is 1. The molecule has 1 aromatic carbocycles. The molecule has 27 heavy (non-hydrogen) atoms. The summed E-state index contributed by atoms with van der Waals surface area (Å²) in [6, 6.07) is 12.2. The summed E-state index contributed by atoms with van der Waals surface area (Å²) in [5, 5.41) is 3.28. The van der Waals surface area contributed by atoms with Crippen LogP contribution in [0, 0.1) is 0 Å². The normalized spacial score (nSPS) is 10.1. The van der Waals surface area contributed by atoms with Crippen molar-refractivity contribution in [2.24, 2.45) is 5.73 Å². The Labute approximate surface area is 160 Å². The molecule has 0 aliphatic rings. The molecule has 7 nitrogen and oxygen atoms in total. The maximum Gasteiger partial charge on any atom is 0.267 e. The van der Waals surface area contributed by atoms with E-state index in [1.165, 1.54) is 17.4 Å². The topological polar surface area (TPSA) is 118 Å². The molecule has 0 aliphatic heterocycles. The third kappa shape index (κ3) is 6.76. The number of para-hydroxylation sites is 1. The van der Waals surface area contributed by atoms with Crippen LogP contribution < -0.4 is 16.6 Å². The molecule has 0 saturated carbocycles. The summed E-state index contributed by atoms with van der Waals surface area (Å²) in [7, 11) is 0. The number of hydrogen-bond acceptors (Lipinski definition) is 6. The molecule has 1 amide bonds. The van der Waals surface area contributed by atoms with Crippen LogP contribution in [-0.4, -0.2) is 35.3 Å². The van der Waals surface area contributed by atoms with E-state index >= 15 is 0 Å². The van der Waals surface area contributed by atoms with Gasteiger partial charge in [-0.05, 0) is 37.6 Å². The summed E-state index contributed by atoms with van der Waals surface area (Å²) < 4.78 is 1.06. The molecule has 0 fully saturated rings. The molecular formula is C19H22N4O3S. The van der Waals surface area contributed by atoms with Crippen LogP contribution in [0.3, 0.4) is 0 Å². The molecule has 2 heterocycles. The summed E-state index contributed by atoms with van der Waals surface area (Å²) in [5.74, 6) is -0.245. The average molecular weight is 386 g/mol. The van der Waals surface area contributed by atoms with Crippen molar-refractivity contribution in [3.05, 3.63) is 63.5 Å². The van der Waals surface area contributed by atoms with E-state index in [1.54, 1.807) is 12.1 Å². The molecule has 0 atom stereocenters. The second-order valence-corrected chi connectivity index (χ2v) is 6.73. The van der Waals surface area contributed by atoms with Crippen molar-refractivity contribution in [1.29, 1.82) is 0 Å². The number of nitrogens with zero attached hydrogens (tertiary/aromatic N) is 1. The average Bonchev–Trinajstić information content (AvgIpc) is 3.11. The molecule has 0 aliphatic carbocycles. The van der Waals surface area contributed by atoms with Crippen molar-refractivity contribution in [3.8, 4) is 0 Å². The number of nitrogens with two attached hydrogens (primary N) is 1. The van der Waals surface area contributed by atoms with Crippen molar-refractivity contribution >= 4 is 33.7 Å². The third-order valence-corrected chi connectivity index (χ3v) is 4.55. The van der Waals surface area contributed by atoms with E-state index in [0.717, 1.165) is 35.8 Å². The van der Waals surface area contributed by atoms with Gasteiger partial charge in [0.25, 0.3) is 5.91 Å². The zero-order valence-electron chi connectivity index (χ0n) is 14.8. The number of fused-ring (bicyclic) bond motifs is 1. The second kappa shape index (κ2) is 11.0. The summed E-state index contributed by atoms with van der Waals surface area (Å²) in [4.78, 5) is 39.4. The lowest BCUT2D eigenvalue weighted by molar-refractivity contribution is 0.0947. The molecule has 8 heteroatoms. The number of aldehydes is 1. The Morgan fingerprint density at radius 3 is 2.67 bits per heavy atom. The molecule has 0 radical (unpaired) electrons. The monoisotopic (exact) mass is 386 g/mol. The van der Waals surface area contributed by atoms with E-state index in [4.69, 9.17) is 5.73 Å². The van der Waals surface area contributed by atoms with Gasteiger partial charge in [0, 0.05) is 12.6 Å². The molecule has 142 valence electrons. The minimum Gasteiger partial charge on any atom is -0.351 e. The van der Waals surface area contributed by atoms with Crippen molar-refractivity contribution in [1.82, 2.24) is 15.3 Å². The van der Waals surface area contributed by atoms with E-state index in [2.05, 4.69) is 15.3 Å². The van der Waals surface area contributed by atoms with Crippen molar-refractivity contribution in [3.63, 3.8) is 0 Å². The van der Waals surface area contributed by atoms with Gasteiger partial charge in [-0.2, -0.15) is 0 Å². The highest BCUT2D eigenvalue weighted by molar-refractivity contribution is 7.19. The first-order valence-corrected chi connectivity index (χ1v) is 9.44. The first kappa shape index (κ1) is 20.5. The summed E-state index contributed by atoms with van der Waals surface area (Å²) in [5.41, 5.74) is 6.28. The number of aromatic amines is 1. The summed E-state index contributed by atoms with van der Waals surface area (Å²) in [6.45, 7) is 1.29. The van der Waals surface area contributed by atoms with E-state index in [9.17, 15) is 14.4 Å². The molecule has 3 rings (SSSR count). The van der Waals surface area contributed by atoms with Gasteiger partial charge in [-0.1, -0.05) is 24.6 Å². The van der Waals surface area contributed by atoms with Gasteiger partial charge in [0.05, 0.1) is 10.2 Å². The Kier molecular flexibility index (Phi) is 8.34. The Balaban J connectivity index is 0.000000206. The number of rotatable bonds is 7. The Morgan fingerprint density at radius 2 is 1.96 bits per heavy atom. The van der Waals surface area contributed by atoms with Crippen LogP contribution >= 0.6 is 11.3 Å². The lowest BCUT2D eigenvalue weighted by Crippen LogP contribution is -2.27. The molecule has 0 bridgehead atoms. The lowest BCUT2D eigenvalue weighted by atomic mass is 10.2. The molecule has 4 N–H and O–H groups in total. The summed E-state index contributed by atoms with van der Waals surface area (Å²) in [6.07, 6.45) is 3.66. The number of carbonyl (C=O) groups is 2. The molecular weight excluding hydrogens is 364 g/mol. The quantitative estimate of drug-likeness (QED) is 0.425. The SMILES string of the molecule is NCCCCCNC(=O)c1cccc(=O)[nH]1.O=Cc1nc2ccccc2s1. The fourth-order valence-corrected chi connectivity index (χ4v) is 3.05. The zero-order valence-corrected chi connectivity index (χ0v) is 15.6. The number of nitrogens with one attached hydrogen (secondary N) is 2. The highest BCUT2D eigenvalue weighted by atomic mass is 32.1. The number of carbonyl (C=O) groups excluding carboxylic acids is 2. The predicted molar refractivity (Wildman–Crippen MR) is 107 cm³/mol. The minimum atomic E-state index is -0.268. The van der Waals surface area contributed by atoms with E-state index in [1.807, 2.05) is 24.3 Å². The standard InChI is InChI=1S/C11H17N3O2.C8H5NOS/c12-7-2-1-3-8-13-11(16)9-5-4-6-10(15)14-9;10-5-8-9-6-3-1-2-4-7(6)11-8/h4-6H,1-3,7-8,12H2,(H,13,16)(H,14,15);1-5H. The first-order valence-electron chi connectivity index (χ1n) is 8.62. The molecule has 0 unspecified atom stereocenters. The van der Waals surface area contributed by atoms with E-state index in [-0.39, 0.29) is 11.5 Å². The zero-order chi connectivity index (χ0) is 19.5. The molecule has 3 aromatic rings. The highest BCUT2D eigenvalue weighted by Crippen LogP contribution is 2.19. The van der Waals surface area contributed by atoms with E-state index in [0.29, 0.717) is 23.8 Å². The number of unbranched alkanes of at least 4 members (excludes halogenated alkanes) is 2. The van der Waals surface area contributed by atoms with Crippen LogP contribution in [0.5, 0.6) is 0 Å². The van der Waals surface area contributed by atoms with Gasteiger partial charge in [0.1, 0.15) is 5.69 Å². The van der Waals surface area contributed by atoms with Crippen LogP contribution in [0.2, 0.25) is 0 Å². The third-order valence-electron chi connectivity index (χ3n) is 3.59. The number of H-pyrrole nitrogens is 1. The second-order valence-electron chi connectivity index (χ2n) is 5.67. The van der Waals surface area contributed by atoms with Crippen molar-refractivity contribution < 1.29 is 9.59 Å². The first-order chi connectivity index (χ1) is 13.1. The Morgan fingerprint density at radius 1 is 1.15 bits per heavy atom. The van der Waals surface area contributed by atoms with Gasteiger partial charge in [0.15, 0.2) is 11.3 Å². The van der Waals surface area contributed by atoms with Gasteiger partial charge in [-0.25, -0.2) is 4.98 Å². The fourth-order valence-electron chi connectivity index (χ4n) is 2.26. The predicted octanol–water partition coefficient (Wildman–Crippen LogP) is 2.34. The van der Waals surface area contributed by atoms with Crippen LogP contribution in [0.1, 0.15) is 39.6 Å². The highest BCUT2D eigenvalue weighted by Gasteiger charge is 2.04.